The van der Waals surface area contributed by atoms with Crippen LogP contribution < -0.4 is 10.0 Å². The largest absolute Gasteiger partial charge is 0.362 e. The maximum Gasteiger partial charge on any atom is 0.224 e. The van der Waals surface area contributed by atoms with Gasteiger partial charge in [0.2, 0.25) is 15.3 Å². The number of nitrogens with zero attached hydrogens (tertiary/aromatic N) is 2. The van der Waals surface area contributed by atoms with Crippen molar-refractivity contribution in [3.63, 3.8) is 0 Å². The van der Waals surface area contributed by atoms with Crippen LogP contribution in [0.4, 0.5) is 5.82 Å². The van der Waals surface area contributed by atoms with Crippen LogP contribution in [0.25, 0.3) is 0 Å². The lowest BCUT2D eigenvalue weighted by molar-refractivity contribution is 0.531. The Balaban J connectivity index is 2.78. The quantitative estimate of drug-likeness (QED) is 0.805. The Labute approximate surface area is 116 Å². The molecule has 6 nitrogen and oxygen atoms in total. The van der Waals surface area contributed by atoms with E-state index >= 15 is 0 Å². The number of aromatic nitrogens is 2. The molecule has 0 aromatic carbocycles. The zero-order valence-electron chi connectivity index (χ0n) is 10.2. The fourth-order valence-electron chi connectivity index (χ4n) is 1.11. The van der Waals surface area contributed by atoms with E-state index in [1.807, 2.05) is 0 Å². The highest BCUT2D eigenvalue weighted by Crippen LogP contribution is 2.22. The maximum atomic E-state index is 11.0. The summed E-state index contributed by atoms with van der Waals surface area (Å²) in [7, 11) is -3.25. The number of sulfonamides is 1. The summed E-state index contributed by atoms with van der Waals surface area (Å²) >= 11 is 11.6. The highest BCUT2D eigenvalue weighted by molar-refractivity contribution is 7.88. The molecule has 0 aliphatic carbocycles. The smallest absolute Gasteiger partial charge is 0.224 e. The van der Waals surface area contributed by atoms with Crippen molar-refractivity contribution in [3.05, 3.63) is 16.5 Å². The van der Waals surface area contributed by atoms with E-state index in [4.69, 9.17) is 23.2 Å². The molecule has 1 heterocycles. The molecule has 1 aromatic heterocycles. The lowest BCUT2D eigenvalue weighted by atomic mass is 10.1. The Hall–Kier alpha value is -0.630. The van der Waals surface area contributed by atoms with Gasteiger partial charge in [-0.25, -0.2) is 18.1 Å². The monoisotopic (exact) mass is 312 g/mol. The van der Waals surface area contributed by atoms with Gasteiger partial charge in [0.1, 0.15) is 10.8 Å². The molecule has 0 saturated carbocycles. The standard InChI is InChI=1S/C9H14Cl2N4O2S/c1-9(2,5-13-18(3,16)17)15-7-6(10)4-12-8(11)14-7/h4,13H,5H2,1-3H3,(H,12,14,15). The topological polar surface area (TPSA) is 84.0 Å². The number of hydrogen-bond donors (Lipinski definition) is 2. The molecule has 0 aliphatic heterocycles. The number of nitrogens with one attached hydrogen (secondary N) is 2. The fraction of sp³-hybridized carbons (Fsp3) is 0.556. The van der Waals surface area contributed by atoms with Gasteiger partial charge in [-0.1, -0.05) is 11.6 Å². The lowest BCUT2D eigenvalue weighted by Gasteiger charge is -2.27. The van der Waals surface area contributed by atoms with Crippen LogP contribution in [0.2, 0.25) is 10.3 Å². The van der Waals surface area contributed by atoms with Crippen LogP contribution in [0.15, 0.2) is 6.20 Å². The van der Waals surface area contributed by atoms with Crippen LogP contribution in [0.1, 0.15) is 13.8 Å². The van der Waals surface area contributed by atoms with Crippen molar-refractivity contribution >= 4 is 39.0 Å². The Kier molecular flexibility index (Phi) is 4.77. The highest BCUT2D eigenvalue weighted by atomic mass is 35.5. The fourth-order valence-corrected chi connectivity index (χ4v) is 2.00. The molecule has 0 spiro atoms. The van der Waals surface area contributed by atoms with Gasteiger partial charge in [-0.3, -0.25) is 0 Å². The zero-order valence-corrected chi connectivity index (χ0v) is 12.5. The van der Waals surface area contributed by atoms with Crippen LogP contribution in [0, 0.1) is 0 Å². The third-order valence-corrected chi connectivity index (χ3v) is 3.08. The summed E-state index contributed by atoms with van der Waals surface area (Å²) in [5.41, 5.74) is -0.579. The van der Waals surface area contributed by atoms with Crippen LogP contribution in [0.5, 0.6) is 0 Å². The van der Waals surface area contributed by atoms with E-state index in [1.165, 1.54) is 6.20 Å². The Morgan fingerprint density at radius 1 is 1.39 bits per heavy atom. The van der Waals surface area contributed by atoms with Crippen molar-refractivity contribution in [1.82, 2.24) is 14.7 Å². The average Bonchev–Trinajstić information content (AvgIpc) is 2.20. The molecule has 0 amide bonds. The predicted molar refractivity (Wildman–Crippen MR) is 72.6 cm³/mol. The van der Waals surface area contributed by atoms with Gasteiger partial charge in [-0.15, -0.1) is 0 Å². The van der Waals surface area contributed by atoms with Crippen LogP contribution in [-0.4, -0.2) is 36.7 Å². The van der Waals surface area contributed by atoms with Crippen LogP contribution >= 0.6 is 23.2 Å². The Morgan fingerprint density at radius 2 is 2.00 bits per heavy atom. The molecular weight excluding hydrogens is 299 g/mol. The second kappa shape index (κ2) is 5.56. The third-order valence-electron chi connectivity index (χ3n) is 1.95. The zero-order chi connectivity index (χ0) is 14.0. The van der Waals surface area contributed by atoms with E-state index in [2.05, 4.69) is 20.0 Å². The average molecular weight is 313 g/mol. The van der Waals surface area contributed by atoms with Gasteiger partial charge < -0.3 is 5.32 Å². The van der Waals surface area contributed by atoms with E-state index in [1.54, 1.807) is 13.8 Å². The second-order valence-electron chi connectivity index (χ2n) is 4.44. The van der Waals surface area contributed by atoms with Gasteiger partial charge in [-0.2, -0.15) is 4.98 Å². The first-order valence-electron chi connectivity index (χ1n) is 5.00. The third kappa shape index (κ3) is 5.34. The van der Waals surface area contributed by atoms with Crippen molar-refractivity contribution in [2.24, 2.45) is 0 Å². The molecule has 9 heteroatoms. The maximum absolute atomic E-state index is 11.0. The summed E-state index contributed by atoms with van der Waals surface area (Å²) in [6, 6.07) is 0. The summed E-state index contributed by atoms with van der Waals surface area (Å²) in [4.78, 5) is 7.66. The van der Waals surface area contributed by atoms with Gasteiger partial charge in [0.25, 0.3) is 0 Å². The molecular formula is C9H14Cl2N4O2S. The van der Waals surface area contributed by atoms with E-state index < -0.39 is 15.6 Å². The normalized spacial score (nSPS) is 12.5. The van der Waals surface area contributed by atoms with E-state index in [9.17, 15) is 8.42 Å². The van der Waals surface area contributed by atoms with Crippen molar-refractivity contribution in [2.45, 2.75) is 19.4 Å². The molecule has 0 aliphatic rings. The molecule has 2 N–H and O–H groups in total. The second-order valence-corrected chi connectivity index (χ2v) is 7.02. The van der Waals surface area contributed by atoms with Crippen molar-refractivity contribution in [2.75, 3.05) is 18.1 Å². The number of hydrogen-bond acceptors (Lipinski definition) is 5. The molecule has 1 aromatic rings. The number of rotatable bonds is 5. The van der Waals surface area contributed by atoms with Crippen molar-refractivity contribution < 1.29 is 8.42 Å². The molecule has 1 rings (SSSR count). The molecule has 0 atom stereocenters. The number of halogens is 2. The minimum Gasteiger partial charge on any atom is -0.362 e. The van der Waals surface area contributed by atoms with E-state index in [0.29, 0.717) is 10.8 Å². The van der Waals surface area contributed by atoms with Crippen molar-refractivity contribution in [1.29, 1.82) is 0 Å². The Bertz CT molecular complexity index is 533. The van der Waals surface area contributed by atoms with Crippen LogP contribution in [0.3, 0.4) is 0 Å². The number of anilines is 1. The minimum atomic E-state index is -3.25. The summed E-state index contributed by atoms with van der Waals surface area (Å²) in [6.45, 7) is 3.79. The lowest BCUT2D eigenvalue weighted by Crippen LogP contribution is -2.44. The van der Waals surface area contributed by atoms with Crippen molar-refractivity contribution in [3.8, 4) is 0 Å². The molecule has 18 heavy (non-hydrogen) atoms. The molecule has 0 unspecified atom stereocenters. The summed E-state index contributed by atoms with van der Waals surface area (Å²) in [6.07, 6.45) is 2.47. The molecule has 0 saturated heterocycles. The van der Waals surface area contributed by atoms with Crippen LogP contribution in [-0.2, 0) is 10.0 Å². The summed E-state index contributed by atoms with van der Waals surface area (Å²) in [5.74, 6) is 0.358. The van der Waals surface area contributed by atoms with E-state index in [0.717, 1.165) is 6.26 Å². The molecule has 102 valence electrons. The Morgan fingerprint density at radius 3 is 2.56 bits per heavy atom. The highest BCUT2D eigenvalue weighted by Gasteiger charge is 2.21. The predicted octanol–water partition coefficient (Wildman–Crippen LogP) is 1.52. The molecule has 0 radical (unpaired) electrons. The van der Waals surface area contributed by atoms with Gasteiger partial charge in [0.15, 0.2) is 0 Å². The van der Waals surface area contributed by atoms with Gasteiger partial charge in [0, 0.05) is 12.1 Å². The summed E-state index contributed by atoms with van der Waals surface area (Å²) < 4.78 is 24.5. The SMILES string of the molecule is CC(C)(CNS(C)(=O)=O)Nc1nc(Cl)ncc1Cl. The molecule has 0 fully saturated rings. The minimum absolute atomic E-state index is 0.0637. The summed E-state index contributed by atoms with van der Waals surface area (Å²) in [5, 5.41) is 3.38. The first-order valence-corrected chi connectivity index (χ1v) is 7.65. The first kappa shape index (κ1) is 15.4. The van der Waals surface area contributed by atoms with Gasteiger partial charge >= 0.3 is 0 Å². The van der Waals surface area contributed by atoms with Gasteiger partial charge in [0.05, 0.1) is 12.5 Å². The molecule has 0 bridgehead atoms. The first-order chi connectivity index (χ1) is 8.09. The van der Waals surface area contributed by atoms with E-state index in [-0.39, 0.29) is 11.8 Å². The van der Waals surface area contributed by atoms with Gasteiger partial charge in [-0.05, 0) is 25.4 Å².